The molecule has 0 amide bonds. The van der Waals surface area contributed by atoms with Crippen LogP contribution in [0, 0.1) is 0 Å². The molecule has 0 aromatic heterocycles. The Morgan fingerprint density at radius 1 is 1.15 bits per heavy atom. The zero-order chi connectivity index (χ0) is 14.8. The Morgan fingerprint density at radius 3 is 2.60 bits per heavy atom. The van der Waals surface area contributed by atoms with E-state index in [9.17, 15) is 4.79 Å². The molecule has 5 nitrogen and oxygen atoms in total. The molecule has 5 heteroatoms. The molecule has 0 spiro atoms. The lowest BCUT2D eigenvalue weighted by Crippen LogP contribution is -2.08. The van der Waals surface area contributed by atoms with Gasteiger partial charge >= 0.3 is 5.97 Å². The fourth-order valence-electron chi connectivity index (χ4n) is 1.60. The maximum absolute atomic E-state index is 11.4. The number of ether oxygens (including phenoxy) is 3. The number of rotatable bonds is 9. The van der Waals surface area contributed by atoms with E-state index in [4.69, 9.17) is 19.9 Å². The minimum Gasteiger partial charge on any atom is -0.497 e. The van der Waals surface area contributed by atoms with E-state index in [1.165, 1.54) is 0 Å². The van der Waals surface area contributed by atoms with Crippen LogP contribution < -0.4 is 15.2 Å². The molecule has 1 aromatic rings. The number of unbranched alkanes of at least 4 members (excludes halogenated alkanes) is 1. The summed E-state index contributed by atoms with van der Waals surface area (Å²) in [6, 6.07) is 5.20. The molecule has 0 saturated heterocycles. The van der Waals surface area contributed by atoms with Gasteiger partial charge in [0.05, 0.1) is 20.3 Å². The van der Waals surface area contributed by atoms with Gasteiger partial charge in [-0.2, -0.15) is 0 Å². The van der Waals surface area contributed by atoms with Gasteiger partial charge in [-0.15, -0.1) is 0 Å². The second kappa shape index (κ2) is 9.07. The van der Waals surface area contributed by atoms with Crippen molar-refractivity contribution in [1.29, 1.82) is 0 Å². The molecule has 0 unspecified atom stereocenters. The summed E-state index contributed by atoms with van der Waals surface area (Å²) in [6.07, 6.45) is 2.91. The smallest absolute Gasteiger partial charge is 0.305 e. The predicted octanol–water partition coefficient (Wildman–Crippen LogP) is 2.78. The van der Waals surface area contributed by atoms with Crippen molar-refractivity contribution >= 4 is 11.7 Å². The molecule has 0 atom stereocenters. The van der Waals surface area contributed by atoms with Crippen molar-refractivity contribution in [3.63, 3.8) is 0 Å². The average Bonchev–Trinajstić information content (AvgIpc) is 2.43. The predicted molar refractivity (Wildman–Crippen MR) is 78.0 cm³/mol. The van der Waals surface area contributed by atoms with Crippen LogP contribution in [0.15, 0.2) is 18.2 Å². The monoisotopic (exact) mass is 281 g/mol. The summed E-state index contributed by atoms with van der Waals surface area (Å²) in [4.78, 5) is 11.4. The van der Waals surface area contributed by atoms with Gasteiger partial charge in [0.15, 0.2) is 0 Å². The maximum atomic E-state index is 11.4. The van der Waals surface area contributed by atoms with Gasteiger partial charge in [0.25, 0.3) is 0 Å². The van der Waals surface area contributed by atoms with Gasteiger partial charge in [0, 0.05) is 30.3 Å². The maximum Gasteiger partial charge on any atom is 0.305 e. The molecule has 112 valence electrons. The highest BCUT2D eigenvalue weighted by atomic mass is 16.5. The lowest BCUT2D eigenvalue weighted by Gasteiger charge is -2.09. The Hall–Kier alpha value is -1.91. The minimum absolute atomic E-state index is 0.174. The van der Waals surface area contributed by atoms with Crippen LogP contribution >= 0.6 is 0 Å². The van der Waals surface area contributed by atoms with Gasteiger partial charge in [-0.05, 0) is 12.8 Å². The van der Waals surface area contributed by atoms with E-state index in [1.807, 2.05) is 0 Å². The molecule has 1 aromatic carbocycles. The van der Waals surface area contributed by atoms with Crippen LogP contribution in [-0.4, -0.2) is 26.3 Å². The van der Waals surface area contributed by atoms with Crippen molar-refractivity contribution in [2.24, 2.45) is 0 Å². The number of methoxy groups -OCH3 is 1. The normalized spacial score (nSPS) is 10.1. The summed E-state index contributed by atoms with van der Waals surface area (Å²) in [5.74, 6) is 1.12. The topological polar surface area (TPSA) is 70.8 Å². The summed E-state index contributed by atoms with van der Waals surface area (Å²) in [6.45, 7) is 3.00. The second-order valence-electron chi connectivity index (χ2n) is 4.47. The number of hydrogen-bond acceptors (Lipinski definition) is 5. The molecule has 0 aliphatic carbocycles. The third-order valence-corrected chi connectivity index (χ3v) is 2.69. The average molecular weight is 281 g/mol. The van der Waals surface area contributed by atoms with Crippen LogP contribution in [0.1, 0.15) is 32.6 Å². The van der Waals surface area contributed by atoms with Crippen LogP contribution in [0.2, 0.25) is 0 Å². The van der Waals surface area contributed by atoms with Gasteiger partial charge in [-0.1, -0.05) is 13.3 Å². The summed E-state index contributed by atoms with van der Waals surface area (Å²) >= 11 is 0. The van der Waals surface area contributed by atoms with Crippen LogP contribution in [0.25, 0.3) is 0 Å². The summed E-state index contributed by atoms with van der Waals surface area (Å²) in [5, 5.41) is 0. The number of anilines is 1. The number of nitrogen functional groups attached to an aromatic ring is 1. The van der Waals surface area contributed by atoms with Crippen molar-refractivity contribution in [1.82, 2.24) is 0 Å². The summed E-state index contributed by atoms with van der Waals surface area (Å²) < 4.78 is 15.7. The van der Waals surface area contributed by atoms with Crippen molar-refractivity contribution < 1.29 is 19.0 Å². The molecular weight excluding hydrogens is 258 g/mol. The zero-order valence-electron chi connectivity index (χ0n) is 12.2. The van der Waals surface area contributed by atoms with Crippen molar-refractivity contribution in [2.75, 3.05) is 26.1 Å². The summed E-state index contributed by atoms with van der Waals surface area (Å²) in [5.41, 5.74) is 6.30. The van der Waals surface area contributed by atoms with Gasteiger partial charge in [-0.3, -0.25) is 4.79 Å². The van der Waals surface area contributed by atoms with E-state index in [0.29, 0.717) is 43.2 Å². The Morgan fingerprint density at radius 2 is 1.90 bits per heavy atom. The molecule has 2 N–H and O–H groups in total. The van der Waals surface area contributed by atoms with Crippen molar-refractivity contribution in [2.45, 2.75) is 32.6 Å². The first kappa shape index (κ1) is 16.1. The number of hydrogen-bond donors (Lipinski definition) is 1. The number of carbonyl (C=O) groups is 1. The molecule has 0 fully saturated rings. The molecule has 0 aliphatic heterocycles. The molecule has 0 saturated carbocycles. The third kappa shape index (κ3) is 6.31. The molecule has 0 aliphatic rings. The molecule has 1 rings (SSSR count). The fraction of sp³-hybridized carbons (Fsp3) is 0.533. The second-order valence-corrected chi connectivity index (χ2v) is 4.47. The zero-order valence-corrected chi connectivity index (χ0v) is 12.2. The number of esters is 1. The molecule has 0 radical (unpaired) electrons. The largest absolute Gasteiger partial charge is 0.497 e. The quantitative estimate of drug-likeness (QED) is 0.428. The molecule has 0 bridgehead atoms. The Balaban J connectivity index is 2.24. The molecule has 0 heterocycles. The van der Waals surface area contributed by atoms with E-state index in [-0.39, 0.29) is 5.97 Å². The fourth-order valence-corrected chi connectivity index (χ4v) is 1.60. The number of nitrogens with two attached hydrogens (primary N) is 1. The Bertz CT molecular complexity index is 420. The highest BCUT2D eigenvalue weighted by Crippen LogP contribution is 2.24. The van der Waals surface area contributed by atoms with Crippen molar-refractivity contribution in [3.05, 3.63) is 18.2 Å². The van der Waals surface area contributed by atoms with Gasteiger partial charge < -0.3 is 19.9 Å². The minimum atomic E-state index is -0.174. The lowest BCUT2D eigenvalue weighted by molar-refractivity contribution is -0.144. The molecular formula is C15H23NO4. The molecule has 20 heavy (non-hydrogen) atoms. The van der Waals surface area contributed by atoms with E-state index < -0.39 is 0 Å². The Kier molecular flexibility index (Phi) is 7.32. The van der Waals surface area contributed by atoms with Crippen molar-refractivity contribution in [3.8, 4) is 11.5 Å². The first-order valence-electron chi connectivity index (χ1n) is 6.88. The van der Waals surface area contributed by atoms with Crippen LogP contribution in [0.4, 0.5) is 5.69 Å². The van der Waals surface area contributed by atoms with Crippen LogP contribution in [0.5, 0.6) is 11.5 Å². The van der Waals surface area contributed by atoms with E-state index in [2.05, 4.69) is 6.92 Å². The van der Waals surface area contributed by atoms with Gasteiger partial charge in [-0.25, -0.2) is 0 Å². The van der Waals surface area contributed by atoms with Crippen LogP contribution in [-0.2, 0) is 9.53 Å². The SMILES string of the molecule is CCCCOC(=O)CCCOc1cc(N)cc(OC)c1. The van der Waals surface area contributed by atoms with Gasteiger partial charge in [0.2, 0.25) is 0 Å². The van der Waals surface area contributed by atoms with E-state index >= 15 is 0 Å². The van der Waals surface area contributed by atoms with E-state index in [0.717, 1.165) is 12.8 Å². The highest BCUT2D eigenvalue weighted by molar-refractivity contribution is 5.69. The Labute approximate surface area is 120 Å². The first-order valence-corrected chi connectivity index (χ1v) is 6.88. The van der Waals surface area contributed by atoms with Crippen LogP contribution in [0.3, 0.4) is 0 Å². The van der Waals surface area contributed by atoms with E-state index in [1.54, 1.807) is 25.3 Å². The third-order valence-electron chi connectivity index (χ3n) is 2.69. The van der Waals surface area contributed by atoms with Gasteiger partial charge in [0.1, 0.15) is 11.5 Å². The number of carbonyl (C=O) groups excluding carboxylic acids is 1. The lowest BCUT2D eigenvalue weighted by atomic mass is 10.3. The number of benzene rings is 1. The first-order chi connectivity index (χ1) is 9.65. The standard InChI is InChI=1S/C15H23NO4/c1-3-4-7-20-15(17)6-5-8-19-14-10-12(16)9-13(11-14)18-2/h9-11H,3-8,16H2,1-2H3. The summed E-state index contributed by atoms with van der Waals surface area (Å²) in [7, 11) is 1.57. The highest BCUT2D eigenvalue weighted by Gasteiger charge is 2.04.